The van der Waals surface area contributed by atoms with E-state index in [4.69, 9.17) is 14.2 Å². The van der Waals surface area contributed by atoms with Crippen molar-refractivity contribution in [3.63, 3.8) is 0 Å². The molecule has 1 aromatic carbocycles. The molecule has 0 atom stereocenters. The standard InChI is InChI=1S/C15H24N2O3.ClH/c1-18-13-5-3-6-14(19-2)15(13)20-12-4-9-17-10-7-16-8-11-17;/h3,5-6,16H,4,7-12H2,1-2H3;1H. The van der Waals surface area contributed by atoms with Crippen LogP contribution < -0.4 is 19.5 Å². The van der Waals surface area contributed by atoms with Crippen LogP contribution in [0.5, 0.6) is 17.2 Å². The van der Waals surface area contributed by atoms with Crippen LogP contribution in [0.25, 0.3) is 0 Å². The van der Waals surface area contributed by atoms with E-state index < -0.39 is 0 Å². The Labute approximate surface area is 133 Å². The molecule has 0 bridgehead atoms. The average Bonchev–Trinajstić information content (AvgIpc) is 2.52. The van der Waals surface area contributed by atoms with E-state index in [0.29, 0.717) is 23.9 Å². The Hall–Kier alpha value is -1.17. The van der Waals surface area contributed by atoms with Gasteiger partial charge < -0.3 is 24.4 Å². The number of rotatable bonds is 7. The van der Waals surface area contributed by atoms with Gasteiger partial charge in [-0.05, 0) is 18.6 Å². The van der Waals surface area contributed by atoms with Crippen LogP contribution in [0.4, 0.5) is 0 Å². The van der Waals surface area contributed by atoms with Gasteiger partial charge in [0.25, 0.3) is 0 Å². The summed E-state index contributed by atoms with van der Waals surface area (Å²) >= 11 is 0. The highest BCUT2D eigenvalue weighted by Gasteiger charge is 2.12. The maximum absolute atomic E-state index is 5.85. The second kappa shape index (κ2) is 9.71. The van der Waals surface area contributed by atoms with Gasteiger partial charge in [0, 0.05) is 32.7 Å². The molecule has 6 heteroatoms. The molecular formula is C15H25ClN2O3. The number of nitrogens with zero attached hydrogens (tertiary/aromatic N) is 1. The van der Waals surface area contributed by atoms with Gasteiger partial charge >= 0.3 is 0 Å². The number of methoxy groups -OCH3 is 2. The fourth-order valence-corrected chi connectivity index (χ4v) is 2.36. The van der Waals surface area contributed by atoms with E-state index in [0.717, 1.165) is 39.1 Å². The Morgan fingerprint density at radius 1 is 1.10 bits per heavy atom. The first-order chi connectivity index (χ1) is 9.85. The molecule has 1 heterocycles. The van der Waals surface area contributed by atoms with E-state index in [-0.39, 0.29) is 12.4 Å². The zero-order chi connectivity index (χ0) is 14.2. The van der Waals surface area contributed by atoms with Crippen molar-refractivity contribution in [3.8, 4) is 17.2 Å². The lowest BCUT2D eigenvalue weighted by Crippen LogP contribution is -2.43. The number of ether oxygens (including phenoxy) is 3. The average molecular weight is 317 g/mol. The molecule has 0 radical (unpaired) electrons. The Morgan fingerprint density at radius 3 is 2.29 bits per heavy atom. The highest BCUT2D eigenvalue weighted by molar-refractivity contribution is 5.85. The number of hydrogen-bond donors (Lipinski definition) is 1. The molecule has 0 aromatic heterocycles. The van der Waals surface area contributed by atoms with Gasteiger partial charge in [0.2, 0.25) is 5.75 Å². The summed E-state index contributed by atoms with van der Waals surface area (Å²) in [6.45, 7) is 6.15. The van der Waals surface area contributed by atoms with E-state index >= 15 is 0 Å². The second-order valence-corrected chi connectivity index (χ2v) is 4.79. The third kappa shape index (κ3) is 5.26. The van der Waals surface area contributed by atoms with Gasteiger partial charge in [0.05, 0.1) is 20.8 Å². The molecule has 1 aliphatic heterocycles. The first-order valence-electron chi connectivity index (χ1n) is 7.12. The van der Waals surface area contributed by atoms with Crippen LogP contribution in [0.1, 0.15) is 6.42 Å². The van der Waals surface area contributed by atoms with Gasteiger partial charge in [-0.2, -0.15) is 0 Å². The summed E-state index contributed by atoms with van der Waals surface area (Å²) in [7, 11) is 3.28. The summed E-state index contributed by atoms with van der Waals surface area (Å²) in [5.41, 5.74) is 0. The van der Waals surface area contributed by atoms with E-state index in [1.54, 1.807) is 14.2 Å². The summed E-state index contributed by atoms with van der Waals surface area (Å²) < 4.78 is 16.5. The third-order valence-electron chi connectivity index (χ3n) is 3.46. The molecule has 0 aliphatic carbocycles. The third-order valence-corrected chi connectivity index (χ3v) is 3.46. The lowest BCUT2D eigenvalue weighted by molar-refractivity contribution is 0.208. The second-order valence-electron chi connectivity index (χ2n) is 4.79. The smallest absolute Gasteiger partial charge is 0.203 e. The fraction of sp³-hybridized carbons (Fsp3) is 0.600. The van der Waals surface area contributed by atoms with Crippen LogP contribution in [0.15, 0.2) is 18.2 Å². The molecule has 0 spiro atoms. The van der Waals surface area contributed by atoms with Crippen molar-refractivity contribution in [3.05, 3.63) is 18.2 Å². The first-order valence-corrected chi connectivity index (χ1v) is 7.12. The van der Waals surface area contributed by atoms with Crippen LogP contribution >= 0.6 is 12.4 Å². The minimum absolute atomic E-state index is 0. The van der Waals surface area contributed by atoms with Crippen molar-refractivity contribution in [2.24, 2.45) is 0 Å². The van der Waals surface area contributed by atoms with Gasteiger partial charge in [-0.3, -0.25) is 0 Å². The van der Waals surface area contributed by atoms with Crippen molar-refractivity contribution in [1.82, 2.24) is 10.2 Å². The van der Waals surface area contributed by atoms with E-state index in [9.17, 15) is 0 Å². The number of halogens is 1. The SMILES string of the molecule is COc1cccc(OC)c1OCCCN1CCNCC1.Cl. The predicted molar refractivity (Wildman–Crippen MR) is 86.2 cm³/mol. The van der Waals surface area contributed by atoms with Crippen molar-refractivity contribution in [2.75, 3.05) is 53.6 Å². The highest BCUT2D eigenvalue weighted by Crippen LogP contribution is 2.36. The van der Waals surface area contributed by atoms with Crippen LogP contribution in [-0.4, -0.2) is 58.5 Å². The summed E-state index contributed by atoms with van der Waals surface area (Å²) in [5.74, 6) is 2.12. The number of para-hydroxylation sites is 1. The first kappa shape index (κ1) is 17.9. The highest BCUT2D eigenvalue weighted by atomic mass is 35.5. The molecule has 1 fully saturated rings. The molecule has 120 valence electrons. The molecule has 1 aromatic rings. The van der Waals surface area contributed by atoms with Crippen molar-refractivity contribution < 1.29 is 14.2 Å². The van der Waals surface area contributed by atoms with Crippen molar-refractivity contribution in [2.45, 2.75) is 6.42 Å². The molecule has 1 aliphatic rings. The molecule has 5 nitrogen and oxygen atoms in total. The normalized spacial score (nSPS) is 15.1. The van der Waals surface area contributed by atoms with Crippen LogP contribution in [0.3, 0.4) is 0 Å². The zero-order valence-electron chi connectivity index (χ0n) is 12.8. The van der Waals surface area contributed by atoms with E-state index in [2.05, 4.69) is 10.2 Å². The van der Waals surface area contributed by atoms with Crippen LogP contribution in [0.2, 0.25) is 0 Å². The van der Waals surface area contributed by atoms with Crippen LogP contribution in [0, 0.1) is 0 Å². The van der Waals surface area contributed by atoms with Gasteiger partial charge in [-0.15, -0.1) is 12.4 Å². The summed E-state index contributed by atoms with van der Waals surface area (Å²) in [6, 6.07) is 5.66. The Balaban J connectivity index is 0.00000220. The molecule has 1 N–H and O–H groups in total. The summed E-state index contributed by atoms with van der Waals surface area (Å²) in [4.78, 5) is 2.46. The molecule has 21 heavy (non-hydrogen) atoms. The molecule has 1 saturated heterocycles. The van der Waals surface area contributed by atoms with E-state index in [1.807, 2.05) is 18.2 Å². The van der Waals surface area contributed by atoms with Gasteiger partial charge in [-0.25, -0.2) is 0 Å². The Bertz CT molecular complexity index is 390. The van der Waals surface area contributed by atoms with Gasteiger partial charge in [0.1, 0.15) is 0 Å². The molecule has 2 rings (SSSR count). The zero-order valence-corrected chi connectivity index (χ0v) is 13.6. The molecule has 0 saturated carbocycles. The van der Waals surface area contributed by atoms with Crippen LogP contribution in [-0.2, 0) is 0 Å². The maximum atomic E-state index is 5.85. The summed E-state index contributed by atoms with van der Waals surface area (Å²) in [5, 5.41) is 3.36. The number of hydrogen-bond acceptors (Lipinski definition) is 5. The van der Waals surface area contributed by atoms with Crippen molar-refractivity contribution >= 4 is 12.4 Å². The topological polar surface area (TPSA) is 43.0 Å². The Morgan fingerprint density at radius 2 is 1.71 bits per heavy atom. The minimum atomic E-state index is 0. The largest absolute Gasteiger partial charge is 0.493 e. The van der Waals surface area contributed by atoms with Crippen molar-refractivity contribution in [1.29, 1.82) is 0 Å². The van der Waals surface area contributed by atoms with Gasteiger partial charge in [0.15, 0.2) is 11.5 Å². The Kier molecular flexibility index (Phi) is 8.27. The van der Waals surface area contributed by atoms with Gasteiger partial charge in [-0.1, -0.05) is 6.07 Å². The molecule has 0 unspecified atom stereocenters. The quantitative estimate of drug-likeness (QED) is 0.777. The number of benzene rings is 1. The lowest BCUT2D eigenvalue weighted by Gasteiger charge is -2.27. The molecular weight excluding hydrogens is 292 g/mol. The molecule has 0 amide bonds. The fourth-order valence-electron chi connectivity index (χ4n) is 2.36. The maximum Gasteiger partial charge on any atom is 0.203 e. The summed E-state index contributed by atoms with van der Waals surface area (Å²) in [6.07, 6.45) is 1.00. The monoisotopic (exact) mass is 316 g/mol. The number of piperazine rings is 1. The number of nitrogens with one attached hydrogen (secondary N) is 1. The minimum Gasteiger partial charge on any atom is -0.493 e. The van der Waals surface area contributed by atoms with E-state index in [1.165, 1.54) is 0 Å². The predicted octanol–water partition coefficient (Wildman–Crippen LogP) is 1.80. The lowest BCUT2D eigenvalue weighted by atomic mass is 10.3.